The van der Waals surface area contributed by atoms with E-state index in [2.05, 4.69) is 5.32 Å². The topological polar surface area (TPSA) is 25.2 Å². The van der Waals surface area contributed by atoms with Crippen LogP contribution in [0.1, 0.15) is 12.7 Å². The second-order valence-electron chi connectivity index (χ2n) is 3.95. The Labute approximate surface area is 104 Å². The van der Waals surface area contributed by atoms with Crippen LogP contribution < -0.4 is 5.32 Å². The highest BCUT2D eigenvalue weighted by molar-refractivity contribution is 6.33. The zero-order valence-electron chi connectivity index (χ0n) is 9.41. The number of anilines is 1. The first kappa shape index (κ1) is 12.0. The van der Waals surface area contributed by atoms with Crippen LogP contribution in [0.5, 0.6) is 0 Å². The third-order valence-electron chi connectivity index (χ3n) is 2.42. The van der Waals surface area contributed by atoms with Crippen LogP contribution >= 0.6 is 11.6 Å². The summed E-state index contributed by atoms with van der Waals surface area (Å²) in [6.07, 6.45) is 2.40. The van der Waals surface area contributed by atoms with Gasteiger partial charge in [0, 0.05) is 12.5 Å². The van der Waals surface area contributed by atoms with Crippen LogP contribution in [0, 0.1) is 5.82 Å². The van der Waals surface area contributed by atoms with E-state index in [0.29, 0.717) is 5.02 Å². The van der Waals surface area contributed by atoms with Crippen LogP contribution in [0.3, 0.4) is 0 Å². The Kier molecular flexibility index (Phi) is 3.69. The Morgan fingerprint density at radius 3 is 2.88 bits per heavy atom. The van der Waals surface area contributed by atoms with Gasteiger partial charge in [0.15, 0.2) is 0 Å². The highest BCUT2D eigenvalue weighted by Gasteiger charge is 2.08. The van der Waals surface area contributed by atoms with Crippen molar-refractivity contribution in [3.63, 3.8) is 0 Å². The maximum absolute atomic E-state index is 12.9. The molecule has 0 spiro atoms. The summed E-state index contributed by atoms with van der Waals surface area (Å²) < 4.78 is 18.1. The molecule has 0 aliphatic carbocycles. The first-order chi connectivity index (χ1) is 8.15. The molecule has 0 aliphatic heterocycles. The molecule has 4 heteroatoms. The molecule has 0 fully saturated rings. The van der Waals surface area contributed by atoms with Crippen molar-refractivity contribution in [1.82, 2.24) is 0 Å². The lowest BCUT2D eigenvalue weighted by atomic mass is 10.2. The fourth-order valence-corrected chi connectivity index (χ4v) is 1.88. The van der Waals surface area contributed by atoms with E-state index in [1.165, 1.54) is 12.1 Å². The Morgan fingerprint density at radius 1 is 1.41 bits per heavy atom. The van der Waals surface area contributed by atoms with Crippen molar-refractivity contribution >= 4 is 17.3 Å². The summed E-state index contributed by atoms with van der Waals surface area (Å²) >= 11 is 5.93. The molecule has 1 aromatic carbocycles. The van der Waals surface area contributed by atoms with Gasteiger partial charge in [0.25, 0.3) is 0 Å². The van der Waals surface area contributed by atoms with Crippen LogP contribution in [0.15, 0.2) is 41.0 Å². The molecule has 2 rings (SSSR count). The van der Waals surface area contributed by atoms with E-state index >= 15 is 0 Å². The number of hydrogen-bond acceptors (Lipinski definition) is 2. The molecule has 0 saturated carbocycles. The van der Waals surface area contributed by atoms with Gasteiger partial charge in [-0.05, 0) is 37.3 Å². The predicted molar refractivity (Wildman–Crippen MR) is 66.9 cm³/mol. The quantitative estimate of drug-likeness (QED) is 0.887. The van der Waals surface area contributed by atoms with Crippen LogP contribution in [0.4, 0.5) is 10.1 Å². The Hall–Kier alpha value is -1.48. The number of furan rings is 1. The molecule has 90 valence electrons. The summed E-state index contributed by atoms with van der Waals surface area (Å²) in [6, 6.07) is 8.24. The van der Waals surface area contributed by atoms with Crippen LogP contribution in [-0.2, 0) is 6.42 Å². The molecule has 1 heterocycles. The lowest BCUT2D eigenvalue weighted by molar-refractivity contribution is 0.498. The van der Waals surface area contributed by atoms with Gasteiger partial charge in [-0.1, -0.05) is 11.6 Å². The average Bonchev–Trinajstić information content (AvgIpc) is 2.75. The molecule has 1 unspecified atom stereocenters. The van der Waals surface area contributed by atoms with E-state index in [9.17, 15) is 4.39 Å². The molecule has 0 bridgehead atoms. The van der Waals surface area contributed by atoms with Gasteiger partial charge in [-0.3, -0.25) is 0 Å². The van der Waals surface area contributed by atoms with Crippen molar-refractivity contribution in [3.05, 3.63) is 53.2 Å². The Morgan fingerprint density at radius 2 is 2.24 bits per heavy atom. The van der Waals surface area contributed by atoms with E-state index in [4.69, 9.17) is 16.0 Å². The van der Waals surface area contributed by atoms with Crippen LogP contribution in [0.2, 0.25) is 5.02 Å². The molecule has 1 N–H and O–H groups in total. The van der Waals surface area contributed by atoms with E-state index in [0.717, 1.165) is 17.9 Å². The molecule has 17 heavy (non-hydrogen) atoms. The SMILES string of the molecule is CC(Cc1ccco1)Nc1ccc(F)cc1Cl. The van der Waals surface area contributed by atoms with Crippen LogP contribution in [0.25, 0.3) is 0 Å². The van der Waals surface area contributed by atoms with Gasteiger partial charge in [-0.2, -0.15) is 0 Å². The molecule has 2 aromatic rings. The smallest absolute Gasteiger partial charge is 0.124 e. The molecule has 2 nitrogen and oxygen atoms in total. The molecular weight excluding hydrogens is 241 g/mol. The summed E-state index contributed by atoms with van der Waals surface area (Å²) in [4.78, 5) is 0. The maximum Gasteiger partial charge on any atom is 0.124 e. The molecule has 0 amide bonds. The highest BCUT2D eigenvalue weighted by Crippen LogP contribution is 2.23. The minimum atomic E-state index is -0.334. The number of hydrogen-bond donors (Lipinski definition) is 1. The zero-order chi connectivity index (χ0) is 12.3. The Balaban J connectivity index is 2.00. The van der Waals surface area contributed by atoms with Gasteiger partial charge in [0.05, 0.1) is 17.0 Å². The van der Waals surface area contributed by atoms with Crippen molar-refractivity contribution in [2.24, 2.45) is 0 Å². The first-order valence-corrected chi connectivity index (χ1v) is 5.77. The summed E-state index contributed by atoms with van der Waals surface area (Å²) in [5.41, 5.74) is 0.729. The molecular formula is C13H13ClFNO. The van der Waals surface area contributed by atoms with Crippen molar-refractivity contribution in [1.29, 1.82) is 0 Å². The lowest BCUT2D eigenvalue weighted by Gasteiger charge is -2.15. The number of nitrogens with one attached hydrogen (secondary N) is 1. The third kappa shape index (κ3) is 3.24. The van der Waals surface area contributed by atoms with Gasteiger partial charge >= 0.3 is 0 Å². The average molecular weight is 254 g/mol. The summed E-state index contributed by atoms with van der Waals surface area (Å²) in [5.74, 6) is 0.572. The number of benzene rings is 1. The van der Waals surface area contributed by atoms with Crippen LogP contribution in [-0.4, -0.2) is 6.04 Å². The number of rotatable bonds is 4. The highest BCUT2D eigenvalue weighted by atomic mass is 35.5. The fraction of sp³-hybridized carbons (Fsp3) is 0.231. The minimum Gasteiger partial charge on any atom is -0.469 e. The van der Waals surface area contributed by atoms with E-state index in [1.54, 1.807) is 12.3 Å². The number of halogens is 2. The van der Waals surface area contributed by atoms with E-state index in [-0.39, 0.29) is 11.9 Å². The van der Waals surface area contributed by atoms with Crippen molar-refractivity contribution in [3.8, 4) is 0 Å². The standard InChI is InChI=1S/C13H13ClFNO/c1-9(7-11-3-2-6-17-11)16-13-5-4-10(15)8-12(13)14/h2-6,8-9,16H,7H2,1H3. The maximum atomic E-state index is 12.9. The molecule has 0 aliphatic rings. The third-order valence-corrected chi connectivity index (χ3v) is 2.73. The summed E-state index contributed by atoms with van der Waals surface area (Å²) in [5, 5.41) is 3.60. The van der Waals surface area contributed by atoms with Crippen molar-refractivity contribution in [2.45, 2.75) is 19.4 Å². The first-order valence-electron chi connectivity index (χ1n) is 5.39. The second kappa shape index (κ2) is 5.23. The molecule has 1 atom stereocenters. The predicted octanol–water partition coefficient (Wildman–Crippen LogP) is 4.12. The normalized spacial score (nSPS) is 12.4. The van der Waals surface area contributed by atoms with Gasteiger partial charge < -0.3 is 9.73 Å². The van der Waals surface area contributed by atoms with E-state index in [1.807, 2.05) is 19.1 Å². The molecule has 0 radical (unpaired) electrons. The second-order valence-corrected chi connectivity index (χ2v) is 4.36. The monoisotopic (exact) mass is 253 g/mol. The fourth-order valence-electron chi connectivity index (χ4n) is 1.65. The summed E-state index contributed by atoms with van der Waals surface area (Å²) in [7, 11) is 0. The minimum absolute atomic E-state index is 0.157. The lowest BCUT2D eigenvalue weighted by Crippen LogP contribution is -2.18. The Bertz CT molecular complexity index is 484. The molecule has 1 aromatic heterocycles. The van der Waals surface area contributed by atoms with Gasteiger partial charge in [0.1, 0.15) is 11.6 Å². The van der Waals surface area contributed by atoms with Gasteiger partial charge in [-0.25, -0.2) is 4.39 Å². The van der Waals surface area contributed by atoms with Gasteiger partial charge in [0.2, 0.25) is 0 Å². The van der Waals surface area contributed by atoms with Crippen molar-refractivity contribution in [2.75, 3.05) is 5.32 Å². The summed E-state index contributed by atoms with van der Waals surface area (Å²) in [6.45, 7) is 2.02. The zero-order valence-corrected chi connectivity index (χ0v) is 10.2. The van der Waals surface area contributed by atoms with E-state index < -0.39 is 0 Å². The van der Waals surface area contributed by atoms with Crippen molar-refractivity contribution < 1.29 is 8.81 Å². The molecule has 0 saturated heterocycles. The largest absolute Gasteiger partial charge is 0.469 e. The van der Waals surface area contributed by atoms with Gasteiger partial charge in [-0.15, -0.1) is 0 Å².